The molecule has 1 aliphatic rings. The second-order valence-electron chi connectivity index (χ2n) is 25.5. The standard InChI is InChI=1S/C68H92N14O15S2/c1-9-37(7)56(66(94)78-52(68(96)97)27-41-30-71-46-19-15-14-18-44(41)46)82-67(95)57(38(8)10-2)81-63(91)51(29-54(84)85)76-59(87)47(24-35(3)4)73-62(90)50(28-42-31-70-34-72-42)75-64(92)53-33-99-98-32-45(69)58(86)80-55(36(5)6)65(93)77-49(26-40-20-22-43(83)23-21-40)60(88)74-48(61(89)79-53)25-39-16-12-11-13-17-39/h11-23,30-31,34-38,45,47-53,55-57,71,83H,9-10,24-29,32-33,69H2,1-8H3,(H,70,72)(H,73,90)(H,74,88)(H,75,92)(H,76,87)(H,77,93)(H,78,94)(H,79,89)(H,80,86)(H,81,91)(H,82,95)(H,84,85)(H,96,97). The van der Waals surface area contributed by atoms with Crippen LogP contribution in [0.5, 0.6) is 5.75 Å². The molecule has 6 rings (SSSR count). The van der Waals surface area contributed by atoms with Crippen molar-refractivity contribution in [2.45, 2.75) is 173 Å². The molecule has 1 fully saturated rings. The number of nitrogens with two attached hydrogens (primary N) is 1. The number of aromatic hydroxyl groups is 1. The average Bonchev–Trinajstić information content (AvgIpc) is 1.78. The summed E-state index contributed by atoms with van der Waals surface area (Å²) in [7, 11) is 2.11. The van der Waals surface area contributed by atoms with Crippen molar-refractivity contribution >= 4 is 104 Å². The van der Waals surface area contributed by atoms with E-state index < -0.39 is 162 Å². The first-order valence-corrected chi connectivity index (χ1v) is 35.4. The average molecular weight is 1410 g/mol. The number of hydrogen-bond donors (Lipinski definition) is 16. The second-order valence-corrected chi connectivity index (χ2v) is 28.1. The van der Waals surface area contributed by atoms with Gasteiger partial charge in [0.25, 0.3) is 0 Å². The number of H-pyrrole nitrogens is 2. The number of benzene rings is 3. The van der Waals surface area contributed by atoms with E-state index in [2.05, 4.69) is 68.1 Å². The smallest absolute Gasteiger partial charge is 0.326 e. The first kappa shape index (κ1) is 78.5. The van der Waals surface area contributed by atoms with Crippen LogP contribution in [0.4, 0.5) is 0 Å². The van der Waals surface area contributed by atoms with Crippen LogP contribution in [-0.2, 0) is 83.2 Å². The number of aliphatic carboxylic acids is 2. The van der Waals surface area contributed by atoms with Crippen LogP contribution in [-0.4, -0.2) is 179 Å². The second kappa shape index (κ2) is 38.0. The molecule has 0 spiro atoms. The summed E-state index contributed by atoms with van der Waals surface area (Å²) in [4.78, 5) is 179. The molecule has 99 heavy (non-hydrogen) atoms. The molecule has 31 heteroatoms. The highest BCUT2D eigenvalue weighted by Crippen LogP contribution is 2.25. The lowest BCUT2D eigenvalue weighted by Gasteiger charge is -2.31. The lowest BCUT2D eigenvalue weighted by atomic mass is 9.94. The summed E-state index contributed by atoms with van der Waals surface area (Å²) in [5, 5.41) is 57.8. The Bertz CT molecular complexity index is 3600. The summed E-state index contributed by atoms with van der Waals surface area (Å²) in [6.07, 6.45) is 3.23. The van der Waals surface area contributed by atoms with Crippen LogP contribution in [0.25, 0.3) is 10.9 Å². The fourth-order valence-electron chi connectivity index (χ4n) is 10.8. The van der Waals surface area contributed by atoms with Gasteiger partial charge in [-0.05, 0) is 65.0 Å². The number of nitrogens with one attached hydrogen (secondary N) is 12. The minimum Gasteiger partial charge on any atom is -0.508 e. The molecule has 0 aliphatic carbocycles. The zero-order valence-corrected chi connectivity index (χ0v) is 58.2. The number of nitrogens with zero attached hydrogens (tertiary/aromatic N) is 1. The zero-order chi connectivity index (χ0) is 72.6. The maximum atomic E-state index is 14.9. The first-order valence-electron chi connectivity index (χ1n) is 32.9. The zero-order valence-electron chi connectivity index (χ0n) is 56.6. The molecular formula is C68H92N14O15S2. The number of aromatic nitrogens is 3. The predicted octanol–water partition coefficient (Wildman–Crippen LogP) is 1.79. The van der Waals surface area contributed by atoms with Crippen molar-refractivity contribution in [3.63, 3.8) is 0 Å². The van der Waals surface area contributed by atoms with E-state index in [4.69, 9.17) is 5.73 Å². The van der Waals surface area contributed by atoms with Crippen LogP contribution in [0.3, 0.4) is 0 Å². The summed E-state index contributed by atoms with van der Waals surface area (Å²) in [6, 6.07) is 6.02. The minimum absolute atomic E-state index is 0.0520. The monoisotopic (exact) mass is 1410 g/mol. The maximum Gasteiger partial charge on any atom is 0.326 e. The summed E-state index contributed by atoms with van der Waals surface area (Å²) in [5.74, 6) is -14.0. The first-order chi connectivity index (χ1) is 47.0. The molecular weight excluding hydrogens is 1320 g/mol. The summed E-state index contributed by atoms with van der Waals surface area (Å²) < 4.78 is 0. The van der Waals surface area contributed by atoms with Gasteiger partial charge < -0.3 is 84.2 Å². The van der Waals surface area contributed by atoms with Crippen molar-refractivity contribution in [1.29, 1.82) is 0 Å². The molecule has 13 atom stereocenters. The highest BCUT2D eigenvalue weighted by molar-refractivity contribution is 8.76. The fourth-order valence-corrected chi connectivity index (χ4v) is 13.1. The van der Waals surface area contributed by atoms with E-state index in [0.717, 1.165) is 32.5 Å². The molecule has 10 amide bonds. The highest BCUT2D eigenvalue weighted by Gasteiger charge is 2.39. The van der Waals surface area contributed by atoms with Crippen molar-refractivity contribution in [3.05, 3.63) is 120 Å². The molecule has 536 valence electrons. The number of aromatic amines is 2. The SMILES string of the molecule is CCC(C)C(NC(=O)C(CC(=O)O)NC(=O)C(CC(C)C)NC(=O)C(Cc1cnc[nH]1)NC(=O)C1CSSCC(N)C(=O)NC(C(C)C)C(=O)NC(Cc2ccc(O)cc2)C(=O)NC(Cc2ccccc2)C(=O)N1)C(=O)NC(C(=O)NC(Cc1c[nH]c2ccccc12)C(=O)O)C(C)CC. The number of fused-ring (bicyclic) bond motifs is 1. The minimum atomic E-state index is -1.87. The van der Waals surface area contributed by atoms with Gasteiger partial charge in [0.1, 0.15) is 66.2 Å². The van der Waals surface area contributed by atoms with E-state index >= 15 is 0 Å². The number of phenols is 1. The number of hydrogen-bond acceptors (Lipinski definition) is 17. The van der Waals surface area contributed by atoms with Gasteiger partial charge in [0, 0.05) is 66.2 Å². The van der Waals surface area contributed by atoms with E-state index in [1.54, 1.807) is 110 Å². The molecule has 29 nitrogen and oxygen atoms in total. The van der Waals surface area contributed by atoms with Gasteiger partial charge in [0.2, 0.25) is 59.1 Å². The van der Waals surface area contributed by atoms with Gasteiger partial charge in [0.05, 0.1) is 18.8 Å². The Labute approximate surface area is 581 Å². The molecule has 0 radical (unpaired) electrons. The third kappa shape index (κ3) is 23.9. The van der Waals surface area contributed by atoms with Crippen LogP contribution in [0.15, 0.2) is 97.6 Å². The van der Waals surface area contributed by atoms with Crippen molar-refractivity contribution in [3.8, 4) is 5.75 Å². The van der Waals surface area contributed by atoms with Crippen molar-refractivity contribution < 1.29 is 72.9 Å². The third-order valence-corrected chi connectivity index (χ3v) is 19.4. The number of carbonyl (C=O) groups excluding carboxylic acids is 10. The van der Waals surface area contributed by atoms with Gasteiger partial charge in [-0.1, -0.05) is 150 Å². The Morgan fingerprint density at radius 3 is 1.73 bits per heavy atom. The number of carboxylic acids is 2. The van der Waals surface area contributed by atoms with Crippen LogP contribution < -0.4 is 58.9 Å². The van der Waals surface area contributed by atoms with Gasteiger partial charge in [-0.25, -0.2) is 9.78 Å². The van der Waals surface area contributed by atoms with Crippen LogP contribution in [0.2, 0.25) is 0 Å². The van der Waals surface area contributed by atoms with Gasteiger partial charge >= 0.3 is 11.9 Å². The number of para-hydroxylation sites is 1. The number of amides is 10. The molecule has 0 bridgehead atoms. The number of carboxylic acid groups (broad SMARTS) is 2. The van der Waals surface area contributed by atoms with E-state index in [-0.39, 0.29) is 61.7 Å². The Kier molecular flexibility index (Phi) is 30.2. The molecule has 5 aromatic rings. The molecule has 3 heterocycles. The van der Waals surface area contributed by atoms with Crippen molar-refractivity contribution in [1.82, 2.24) is 68.1 Å². The lowest BCUT2D eigenvalue weighted by Crippen LogP contribution is -2.62. The topological polar surface area (TPSA) is 456 Å². The normalized spacial score (nSPS) is 19.7. The van der Waals surface area contributed by atoms with E-state index in [1.165, 1.54) is 24.7 Å². The van der Waals surface area contributed by atoms with Crippen LogP contribution in [0, 0.1) is 23.7 Å². The fraction of sp³-hybridized carbons (Fsp3) is 0.485. The van der Waals surface area contributed by atoms with E-state index in [0.29, 0.717) is 28.8 Å². The number of carbonyl (C=O) groups is 12. The van der Waals surface area contributed by atoms with Gasteiger partial charge in [-0.15, -0.1) is 0 Å². The predicted molar refractivity (Wildman–Crippen MR) is 372 cm³/mol. The number of phenolic OH excluding ortho intramolecular Hbond substituents is 1. The number of rotatable bonds is 30. The van der Waals surface area contributed by atoms with Gasteiger partial charge in [-0.2, -0.15) is 0 Å². The number of imidazole rings is 1. The van der Waals surface area contributed by atoms with E-state index in [1.807, 2.05) is 18.2 Å². The molecule has 2 aromatic heterocycles. The highest BCUT2D eigenvalue weighted by atomic mass is 33.1. The lowest BCUT2D eigenvalue weighted by molar-refractivity contribution is -0.142. The molecule has 1 aliphatic heterocycles. The van der Waals surface area contributed by atoms with E-state index in [9.17, 15) is 72.9 Å². The Hall–Kier alpha value is -9.49. The molecule has 1 saturated heterocycles. The quantitative estimate of drug-likeness (QED) is 0.0291. The molecule has 0 saturated carbocycles. The third-order valence-electron chi connectivity index (χ3n) is 17.0. The van der Waals surface area contributed by atoms with Crippen LogP contribution >= 0.6 is 21.6 Å². The van der Waals surface area contributed by atoms with Crippen molar-refractivity contribution in [2.24, 2.45) is 29.4 Å². The van der Waals surface area contributed by atoms with Gasteiger partial charge in [0.15, 0.2) is 0 Å². The Morgan fingerprint density at radius 1 is 0.586 bits per heavy atom. The Balaban J connectivity index is 1.24. The van der Waals surface area contributed by atoms with Crippen LogP contribution in [0.1, 0.15) is 103 Å². The summed E-state index contributed by atoms with van der Waals surface area (Å²) >= 11 is 0. The molecule has 13 unspecified atom stereocenters. The maximum absolute atomic E-state index is 14.9. The largest absolute Gasteiger partial charge is 0.508 e. The summed E-state index contributed by atoms with van der Waals surface area (Å²) in [6.45, 7) is 13.6. The van der Waals surface area contributed by atoms with Gasteiger partial charge in [-0.3, -0.25) is 52.7 Å². The Morgan fingerprint density at radius 2 is 1.13 bits per heavy atom. The molecule has 3 aromatic carbocycles. The molecule has 17 N–H and O–H groups in total. The van der Waals surface area contributed by atoms with Crippen molar-refractivity contribution in [2.75, 3.05) is 11.5 Å². The summed E-state index contributed by atoms with van der Waals surface area (Å²) in [5.41, 5.74) is 9.17.